The van der Waals surface area contributed by atoms with Gasteiger partial charge < -0.3 is 10.6 Å². The Labute approximate surface area is 142 Å². The molecule has 1 aliphatic rings. The molecule has 0 amide bonds. The van der Waals surface area contributed by atoms with E-state index in [1.807, 2.05) is 18.3 Å². The molecule has 1 atom stereocenters. The van der Waals surface area contributed by atoms with Crippen molar-refractivity contribution in [1.29, 1.82) is 0 Å². The lowest BCUT2D eigenvalue weighted by Crippen LogP contribution is -2.28. The van der Waals surface area contributed by atoms with E-state index in [0.29, 0.717) is 17.5 Å². The second-order valence-electron chi connectivity index (χ2n) is 6.02. The van der Waals surface area contributed by atoms with Gasteiger partial charge in [-0.3, -0.25) is 9.98 Å². The van der Waals surface area contributed by atoms with Gasteiger partial charge in [0.25, 0.3) is 0 Å². The summed E-state index contributed by atoms with van der Waals surface area (Å²) in [5.41, 5.74) is 8.88. The number of aliphatic imine (C=N–C) groups is 1. The van der Waals surface area contributed by atoms with Gasteiger partial charge in [0.2, 0.25) is 5.95 Å². The van der Waals surface area contributed by atoms with Gasteiger partial charge in [-0.25, -0.2) is 4.98 Å². The molecule has 6 nitrogen and oxygen atoms in total. The minimum Gasteiger partial charge on any atom is -0.382 e. The first-order valence-corrected chi connectivity index (χ1v) is 8.61. The van der Waals surface area contributed by atoms with Crippen LogP contribution in [0.5, 0.6) is 0 Å². The summed E-state index contributed by atoms with van der Waals surface area (Å²) in [4.78, 5) is 20.1. The van der Waals surface area contributed by atoms with Gasteiger partial charge in [0, 0.05) is 31.7 Å². The van der Waals surface area contributed by atoms with E-state index in [2.05, 4.69) is 33.7 Å². The lowest BCUT2D eigenvalue weighted by molar-refractivity contribution is 0.685. The predicted molar refractivity (Wildman–Crippen MR) is 98.1 cm³/mol. The molecule has 1 aliphatic heterocycles. The second kappa shape index (κ2) is 7.38. The first kappa shape index (κ1) is 16.4. The molecule has 0 saturated carbocycles. The number of hydrogen-bond acceptors (Lipinski definition) is 6. The monoisotopic (exact) mass is 324 g/mol. The van der Waals surface area contributed by atoms with E-state index in [-0.39, 0.29) is 5.92 Å². The molecule has 0 aromatic carbocycles. The number of unbranched alkanes of at least 4 members (excludes halogenated alkanes) is 1. The van der Waals surface area contributed by atoms with Crippen LogP contribution in [0.1, 0.15) is 50.3 Å². The Morgan fingerprint density at radius 3 is 2.58 bits per heavy atom. The standard InChI is InChI=1S/C18H24N6/c1-3-5-11-24(10-4-2)18-22-15-14(13-6-8-20-9-7-13)12-21-16(15)17(19)23-18/h6-9,12,14H,3-5,10-11H2,1-2H3,(H2,19,22,23). The zero-order chi connectivity index (χ0) is 16.9. The molecule has 0 saturated heterocycles. The van der Waals surface area contributed by atoms with Crippen molar-refractivity contribution in [3.63, 3.8) is 0 Å². The molecule has 0 fully saturated rings. The largest absolute Gasteiger partial charge is 0.382 e. The van der Waals surface area contributed by atoms with Gasteiger partial charge in [-0.15, -0.1) is 0 Å². The fourth-order valence-electron chi connectivity index (χ4n) is 2.93. The zero-order valence-electron chi connectivity index (χ0n) is 14.3. The maximum Gasteiger partial charge on any atom is 0.227 e. The van der Waals surface area contributed by atoms with Crippen LogP contribution in [0.2, 0.25) is 0 Å². The highest BCUT2D eigenvalue weighted by Gasteiger charge is 2.27. The van der Waals surface area contributed by atoms with Crippen molar-refractivity contribution < 1.29 is 0 Å². The summed E-state index contributed by atoms with van der Waals surface area (Å²) in [6.07, 6.45) is 8.78. The number of fused-ring (bicyclic) bond motifs is 1. The minimum atomic E-state index is 0.0155. The normalized spacial score (nSPS) is 15.5. The number of hydrogen-bond donors (Lipinski definition) is 1. The van der Waals surface area contributed by atoms with Crippen molar-refractivity contribution >= 4 is 23.7 Å². The van der Waals surface area contributed by atoms with Crippen molar-refractivity contribution in [3.8, 4) is 0 Å². The quantitative estimate of drug-likeness (QED) is 0.845. The molecule has 3 heterocycles. The van der Waals surface area contributed by atoms with E-state index in [9.17, 15) is 0 Å². The highest BCUT2D eigenvalue weighted by molar-refractivity contribution is 5.87. The number of rotatable bonds is 7. The first-order chi connectivity index (χ1) is 11.7. The molecule has 0 aliphatic carbocycles. The van der Waals surface area contributed by atoms with Crippen LogP contribution in [-0.2, 0) is 0 Å². The van der Waals surface area contributed by atoms with Crippen LogP contribution in [-0.4, -0.2) is 34.3 Å². The van der Waals surface area contributed by atoms with Crippen LogP contribution in [0.15, 0.2) is 29.5 Å². The smallest absolute Gasteiger partial charge is 0.227 e. The Morgan fingerprint density at radius 2 is 1.88 bits per heavy atom. The summed E-state index contributed by atoms with van der Waals surface area (Å²) in [6.45, 7) is 6.23. The van der Waals surface area contributed by atoms with Gasteiger partial charge in [0.15, 0.2) is 5.82 Å². The predicted octanol–water partition coefficient (Wildman–Crippen LogP) is 3.32. The lowest BCUT2D eigenvalue weighted by Gasteiger charge is -2.23. The van der Waals surface area contributed by atoms with Gasteiger partial charge in [0.1, 0.15) is 5.69 Å². The average Bonchev–Trinajstić information content (AvgIpc) is 3.04. The third-order valence-electron chi connectivity index (χ3n) is 4.20. The Bertz CT molecular complexity index is 713. The van der Waals surface area contributed by atoms with Crippen LogP contribution in [0.3, 0.4) is 0 Å². The molecule has 3 rings (SSSR count). The molecule has 24 heavy (non-hydrogen) atoms. The summed E-state index contributed by atoms with van der Waals surface area (Å²) < 4.78 is 0. The third-order valence-corrected chi connectivity index (χ3v) is 4.20. The van der Waals surface area contributed by atoms with Crippen LogP contribution in [0.25, 0.3) is 0 Å². The van der Waals surface area contributed by atoms with E-state index in [1.54, 1.807) is 12.4 Å². The maximum atomic E-state index is 6.17. The topological polar surface area (TPSA) is 80.3 Å². The van der Waals surface area contributed by atoms with Crippen LogP contribution < -0.4 is 10.6 Å². The van der Waals surface area contributed by atoms with Gasteiger partial charge in [0.05, 0.1) is 11.6 Å². The van der Waals surface area contributed by atoms with E-state index < -0.39 is 0 Å². The van der Waals surface area contributed by atoms with E-state index in [0.717, 1.165) is 43.6 Å². The van der Waals surface area contributed by atoms with Crippen molar-refractivity contribution in [2.24, 2.45) is 4.99 Å². The molecule has 2 aromatic rings. The van der Waals surface area contributed by atoms with Gasteiger partial charge in [-0.2, -0.15) is 4.98 Å². The zero-order valence-corrected chi connectivity index (χ0v) is 14.3. The molecule has 2 N–H and O–H groups in total. The average molecular weight is 324 g/mol. The van der Waals surface area contributed by atoms with E-state index in [1.165, 1.54) is 0 Å². The molecular weight excluding hydrogens is 300 g/mol. The van der Waals surface area contributed by atoms with Gasteiger partial charge in [-0.1, -0.05) is 20.3 Å². The highest BCUT2D eigenvalue weighted by Crippen LogP contribution is 2.38. The first-order valence-electron chi connectivity index (χ1n) is 8.61. The summed E-state index contributed by atoms with van der Waals surface area (Å²) >= 11 is 0. The highest BCUT2D eigenvalue weighted by atomic mass is 15.3. The Hall–Kier alpha value is -2.50. The summed E-state index contributed by atoms with van der Waals surface area (Å²) in [5, 5.41) is 0. The number of nitrogen functional groups attached to an aromatic ring is 1. The number of nitrogens with zero attached hydrogens (tertiary/aromatic N) is 5. The van der Waals surface area contributed by atoms with Gasteiger partial charge in [-0.05, 0) is 30.5 Å². The third kappa shape index (κ3) is 3.22. The van der Waals surface area contributed by atoms with Crippen molar-refractivity contribution in [2.75, 3.05) is 23.7 Å². The molecule has 6 heteroatoms. The summed E-state index contributed by atoms with van der Waals surface area (Å²) in [5.74, 6) is 1.19. The molecule has 0 bridgehead atoms. The molecule has 2 aromatic heterocycles. The molecule has 126 valence electrons. The fraction of sp³-hybridized carbons (Fsp3) is 0.444. The SMILES string of the molecule is CCCCN(CCC)c1nc(N)c2c(n1)C(c1ccncc1)C=N2. The minimum absolute atomic E-state index is 0.0155. The molecule has 0 radical (unpaired) electrons. The Balaban J connectivity index is 1.96. The van der Waals surface area contributed by atoms with Crippen molar-refractivity contribution in [1.82, 2.24) is 15.0 Å². The lowest BCUT2D eigenvalue weighted by atomic mass is 9.99. The summed E-state index contributed by atoms with van der Waals surface area (Å²) in [6, 6.07) is 3.98. The second-order valence-corrected chi connectivity index (χ2v) is 6.02. The van der Waals surface area contributed by atoms with E-state index >= 15 is 0 Å². The van der Waals surface area contributed by atoms with Crippen molar-refractivity contribution in [2.45, 2.75) is 39.0 Å². The maximum absolute atomic E-state index is 6.17. The Kier molecular flexibility index (Phi) is 5.03. The van der Waals surface area contributed by atoms with Crippen LogP contribution >= 0.6 is 0 Å². The van der Waals surface area contributed by atoms with Crippen molar-refractivity contribution in [3.05, 3.63) is 35.8 Å². The number of nitrogens with two attached hydrogens (primary N) is 1. The van der Waals surface area contributed by atoms with Crippen LogP contribution in [0, 0.1) is 0 Å². The van der Waals surface area contributed by atoms with Crippen LogP contribution in [0.4, 0.5) is 17.5 Å². The number of pyridine rings is 1. The number of anilines is 2. The Morgan fingerprint density at radius 1 is 1.08 bits per heavy atom. The number of aromatic nitrogens is 3. The molecular formula is C18H24N6. The molecule has 1 unspecified atom stereocenters. The molecule has 0 spiro atoms. The summed E-state index contributed by atoms with van der Waals surface area (Å²) in [7, 11) is 0. The fourth-order valence-corrected chi connectivity index (χ4v) is 2.93. The van der Waals surface area contributed by atoms with E-state index in [4.69, 9.17) is 10.7 Å². The van der Waals surface area contributed by atoms with Gasteiger partial charge >= 0.3 is 0 Å².